The second-order valence-electron chi connectivity index (χ2n) is 6.88. The van der Waals surface area contributed by atoms with Gasteiger partial charge in [-0.1, -0.05) is 18.2 Å². The second kappa shape index (κ2) is 8.15. The molecule has 9 nitrogen and oxygen atoms in total. The van der Waals surface area contributed by atoms with E-state index in [0.29, 0.717) is 39.3 Å². The summed E-state index contributed by atoms with van der Waals surface area (Å²) in [5, 5.41) is 5.96. The van der Waals surface area contributed by atoms with Gasteiger partial charge in [-0.05, 0) is 36.8 Å². The Labute approximate surface area is 177 Å². The van der Waals surface area contributed by atoms with Gasteiger partial charge in [0.15, 0.2) is 5.78 Å². The smallest absolute Gasteiger partial charge is 0.323 e. The number of aromatic nitrogens is 3. The van der Waals surface area contributed by atoms with E-state index in [4.69, 9.17) is 10.5 Å². The lowest BCUT2D eigenvalue weighted by molar-refractivity contribution is 0.104. The number of carbonyl (C=O) groups excluding carboxylic acids is 2. The van der Waals surface area contributed by atoms with E-state index in [1.807, 2.05) is 19.1 Å². The predicted molar refractivity (Wildman–Crippen MR) is 119 cm³/mol. The first-order valence-electron chi connectivity index (χ1n) is 9.41. The number of hydrogen-bond acceptors (Lipinski definition) is 6. The summed E-state index contributed by atoms with van der Waals surface area (Å²) in [4.78, 5) is 36.5. The standard InChI is InChI=1S/C22H20N6O3/c1-12-6-7-17(31-2)16(8-12)28-22(30)27-14-5-3-4-13(9-14)19(29)15-10-24-21-18(15)20(23)25-11-26-21/h3-11H,1-2H3,(H2,27,28,30)(H3,23,24,25,26). The van der Waals surface area contributed by atoms with Crippen LogP contribution in [0.5, 0.6) is 5.75 Å². The Kier molecular flexibility index (Phi) is 5.23. The first-order chi connectivity index (χ1) is 15.0. The molecule has 156 valence electrons. The van der Waals surface area contributed by atoms with Crippen LogP contribution in [0.2, 0.25) is 0 Å². The van der Waals surface area contributed by atoms with E-state index in [-0.39, 0.29) is 11.6 Å². The number of nitrogens with one attached hydrogen (secondary N) is 3. The number of methoxy groups -OCH3 is 1. The minimum Gasteiger partial charge on any atom is -0.495 e. The van der Waals surface area contributed by atoms with E-state index in [1.54, 1.807) is 36.5 Å². The Morgan fingerprint density at radius 1 is 1.10 bits per heavy atom. The average Bonchev–Trinajstić information content (AvgIpc) is 3.19. The molecule has 2 heterocycles. The number of aryl methyl sites for hydroxylation is 1. The van der Waals surface area contributed by atoms with Gasteiger partial charge in [-0.2, -0.15) is 0 Å². The Balaban J connectivity index is 1.55. The first-order valence-corrected chi connectivity index (χ1v) is 9.41. The zero-order valence-corrected chi connectivity index (χ0v) is 16.9. The quantitative estimate of drug-likeness (QED) is 0.366. The van der Waals surface area contributed by atoms with Gasteiger partial charge in [0, 0.05) is 17.4 Å². The molecule has 0 spiro atoms. The first kappa shape index (κ1) is 19.9. The topological polar surface area (TPSA) is 135 Å². The number of nitrogens with zero attached hydrogens (tertiary/aromatic N) is 2. The number of ether oxygens (including phenoxy) is 1. The van der Waals surface area contributed by atoms with Crippen LogP contribution in [-0.2, 0) is 0 Å². The van der Waals surface area contributed by atoms with E-state index in [2.05, 4.69) is 25.6 Å². The van der Waals surface area contributed by atoms with Crippen molar-refractivity contribution in [3.63, 3.8) is 0 Å². The molecule has 2 amide bonds. The van der Waals surface area contributed by atoms with Crippen molar-refractivity contribution < 1.29 is 14.3 Å². The molecule has 0 aliphatic rings. The predicted octanol–water partition coefficient (Wildman–Crippen LogP) is 3.73. The van der Waals surface area contributed by atoms with Crippen molar-refractivity contribution in [1.82, 2.24) is 15.0 Å². The Morgan fingerprint density at radius 2 is 1.94 bits per heavy atom. The minimum absolute atomic E-state index is 0.218. The Morgan fingerprint density at radius 3 is 2.74 bits per heavy atom. The molecule has 0 fully saturated rings. The van der Waals surface area contributed by atoms with Crippen LogP contribution < -0.4 is 21.1 Å². The second-order valence-corrected chi connectivity index (χ2v) is 6.88. The number of anilines is 3. The lowest BCUT2D eigenvalue weighted by Crippen LogP contribution is -2.20. The third-order valence-electron chi connectivity index (χ3n) is 4.73. The molecular weight excluding hydrogens is 396 g/mol. The van der Waals surface area contributed by atoms with Crippen molar-refractivity contribution in [3.05, 3.63) is 71.7 Å². The molecule has 0 atom stereocenters. The lowest BCUT2D eigenvalue weighted by atomic mass is 10.0. The van der Waals surface area contributed by atoms with Gasteiger partial charge >= 0.3 is 6.03 Å². The fraction of sp³-hybridized carbons (Fsp3) is 0.0909. The van der Waals surface area contributed by atoms with Crippen LogP contribution in [-0.4, -0.2) is 33.9 Å². The summed E-state index contributed by atoms with van der Waals surface area (Å²) in [6.07, 6.45) is 2.88. The molecule has 0 bridgehead atoms. The van der Waals surface area contributed by atoms with Gasteiger partial charge in [0.1, 0.15) is 23.5 Å². The number of fused-ring (bicyclic) bond motifs is 1. The van der Waals surface area contributed by atoms with Gasteiger partial charge in [0.05, 0.1) is 23.7 Å². The van der Waals surface area contributed by atoms with Crippen molar-refractivity contribution in [2.75, 3.05) is 23.5 Å². The molecule has 4 aromatic rings. The van der Waals surface area contributed by atoms with Gasteiger partial charge < -0.3 is 26.1 Å². The Bertz CT molecular complexity index is 1300. The van der Waals surface area contributed by atoms with Crippen molar-refractivity contribution in [2.45, 2.75) is 6.92 Å². The molecule has 0 saturated heterocycles. The monoisotopic (exact) mass is 416 g/mol. The minimum atomic E-state index is -0.460. The fourth-order valence-electron chi connectivity index (χ4n) is 3.26. The van der Waals surface area contributed by atoms with Crippen LogP contribution in [0.25, 0.3) is 11.0 Å². The molecule has 31 heavy (non-hydrogen) atoms. The van der Waals surface area contributed by atoms with Crippen LogP contribution in [0, 0.1) is 6.92 Å². The summed E-state index contributed by atoms with van der Waals surface area (Å²) < 4.78 is 5.28. The number of amides is 2. The molecule has 2 aromatic carbocycles. The van der Waals surface area contributed by atoms with Crippen LogP contribution >= 0.6 is 0 Å². The molecule has 0 saturated carbocycles. The number of nitrogen functional groups attached to an aromatic ring is 1. The fourth-order valence-corrected chi connectivity index (χ4v) is 3.26. The maximum Gasteiger partial charge on any atom is 0.323 e. The van der Waals surface area contributed by atoms with Crippen molar-refractivity contribution in [3.8, 4) is 5.75 Å². The molecule has 0 radical (unpaired) electrons. The van der Waals surface area contributed by atoms with Crippen LogP contribution in [0.15, 0.2) is 55.0 Å². The summed E-state index contributed by atoms with van der Waals surface area (Å²) in [6, 6.07) is 11.6. The van der Waals surface area contributed by atoms with E-state index in [1.165, 1.54) is 13.4 Å². The van der Waals surface area contributed by atoms with Gasteiger partial charge in [-0.25, -0.2) is 14.8 Å². The number of urea groups is 1. The highest BCUT2D eigenvalue weighted by Gasteiger charge is 2.18. The van der Waals surface area contributed by atoms with Crippen LogP contribution in [0.3, 0.4) is 0 Å². The van der Waals surface area contributed by atoms with Gasteiger partial charge in [0.2, 0.25) is 0 Å². The Hall–Kier alpha value is -4.40. The number of benzene rings is 2. The highest BCUT2D eigenvalue weighted by atomic mass is 16.5. The van der Waals surface area contributed by atoms with Crippen molar-refractivity contribution in [2.24, 2.45) is 0 Å². The molecule has 9 heteroatoms. The molecule has 5 N–H and O–H groups in total. The zero-order chi connectivity index (χ0) is 22.0. The molecular formula is C22H20N6O3. The highest BCUT2D eigenvalue weighted by molar-refractivity contribution is 6.18. The van der Waals surface area contributed by atoms with E-state index < -0.39 is 6.03 Å². The number of ketones is 1. The average molecular weight is 416 g/mol. The molecule has 0 aliphatic carbocycles. The van der Waals surface area contributed by atoms with Gasteiger partial charge in [-0.15, -0.1) is 0 Å². The summed E-state index contributed by atoms with van der Waals surface area (Å²) >= 11 is 0. The maximum atomic E-state index is 13.0. The summed E-state index contributed by atoms with van der Waals surface area (Å²) in [5.41, 5.74) is 9.13. The van der Waals surface area contributed by atoms with Crippen LogP contribution in [0.4, 0.5) is 22.0 Å². The molecule has 0 unspecified atom stereocenters. The van der Waals surface area contributed by atoms with Crippen molar-refractivity contribution in [1.29, 1.82) is 0 Å². The van der Waals surface area contributed by atoms with Gasteiger partial charge in [0.25, 0.3) is 0 Å². The number of aromatic amines is 1. The zero-order valence-electron chi connectivity index (χ0n) is 16.9. The number of H-pyrrole nitrogens is 1. The summed E-state index contributed by atoms with van der Waals surface area (Å²) in [6.45, 7) is 1.92. The lowest BCUT2D eigenvalue weighted by Gasteiger charge is -2.12. The summed E-state index contributed by atoms with van der Waals surface area (Å²) in [7, 11) is 1.53. The van der Waals surface area contributed by atoms with Crippen molar-refractivity contribution >= 4 is 40.0 Å². The third-order valence-corrected chi connectivity index (χ3v) is 4.73. The molecule has 4 rings (SSSR count). The number of rotatable bonds is 5. The van der Waals surface area contributed by atoms with E-state index in [9.17, 15) is 9.59 Å². The van der Waals surface area contributed by atoms with Gasteiger partial charge in [-0.3, -0.25) is 4.79 Å². The molecule has 0 aliphatic heterocycles. The van der Waals surface area contributed by atoms with E-state index >= 15 is 0 Å². The largest absolute Gasteiger partial charge is 0.495 e. The summed E-state index contributed by atoms with van der Waals surface area (Å²) in [5.74, 6) is 0.497. The number of carbonyl (C=O) groups is 2. The number of hydrogen-bond donors (Lipinski definition) is 4. The SMILES string of the molecule is COc1ccc(C)cc1NC(=O)Nc1cccc(C(=O)c2c[nH]c3ncnc(N)c23)c1. The highest BCUT2D eigenvalue weighted by Crippen LogP contribution is 2.26. The maximum absolute atomic E-state index is 13.0. The van der Waals surface area contributed by atoms with E-state index in [0.717, 1.165) is 5.56 Å². The number of nitrogens with two attached hydrogens (primary N) is 1. The third kappa shape index (κ3) is 4.01. The van der Waals surface area contributed by atoms with Crippen LogP contribution in [0.1, 0.15) is 21.5 Å². The normalized spacial score (nSPS) is 10.6. The molecule has 2 aromatic heterocycles.